The first-order valence-electron chi connectivity index (χ1n) is 10.6. The molecule has 1 aromatic heterocycles. The number of rotatable bonds is 5. The standard InChI is InChI=1S/C23H27ClN4O2/c24-19-7-2-1-6-18(19)20-8-5-13-28(20)23(30)11-10-22(29)27-16-14-26(15-17-27)21-9-3-4-12-25-21/h1-4,6-7,9,12,20H,5,8,10-11,13-17H2. The molecule has 6 nitrogen and oxygen atoms in total. The summed E-state index contributed by atoms with van der Waals surface area (Å²) in [4.78, 5) is 35.9. The third kappa shape index (κ3) is 4.59. The molecule has 1 atom stereocenters. The molecule has 0 spiro atoms. The fraction of sp³-hybridized carbons (Fsp3) is 0.435. The molecule has 0 saturated carbocycles. The number of nitrogens with zero attached hydrogens (tertiary/aromatic N) is 4. The lowest BCUT2D eigenvalue weighted by atomic mass is 10.0. The zero-order chi connectivity index (χ0) is 20.9. The van der Waals surface area contributed by atoms with Crippen molar-refractivity contribution in [2.45, 2.75) is 31.7 Å². The third-order valence-corrected chi connectivity index (χ3v) is 6.34. The van der Waals surface area contributed by atoms with Gasteiger partial charge in [0.25, 0.3) is 0 Å². The molecule has 0 aliphatic carbocycles. The normalized spacial score (nSPS) is 19.2. The number of carbonyl (C=O) groups excluding carboxylic acids is 2. The Morgan fingerprint density at radius 1 is 0.933 bits per heavy atom. The topological polar surface area (TPSA) is 56.8 Å². The van der Waals surface area contributed by atoms with Gasteiger partial charge in [-0.25, -0.2) is 4.98 Å². The number of hydrogen-bond donors (Lipinski definition) is 0. The first-order chi connectivity index (χ1) is 14.6. The van der Waals surface area contributed by atoms with Crippen LogP contribution in [0.1, 0.15) is 37.3 Å². The minimum Gasteiger partial charge on any atom is -0.353 e. The van der Waals surface area contributed by atoms with Gasteiger partial charge in [0.2, 0.25) is 11.8 Å². The minimum atomic E-state index is 0.0169. The Morgan fingerprint density at radius 3 is 2.40 bits per heavy atom. The Balaban J connectivity index is 1.28. The van der Waals surface area contributed by atoms with Crippen molar-refractivity contribution in [1.82, 2.24) is 14.8 Å². The van der Waals surface area contributed by atoms with Crippen LogP contribution in [-0.2, 0) is 9.59 Å². The maximum absolute atomic E-state index is 12.9. The number of aromatic nitrogens is 1. The molecule has 2 aliphatic rings. The molecule has 2 saturated heterocycles. The summed E-state index contributed by atoms with van der Waals surface area (Å²) in [6.07, 6.45) is 4.17. The number of likely N-dealkylation sites (tertiary alicyclic amines) is 1. The van der Waals surface area contributed by atoms with E-state index in [-0.39, 0.29) is 30.7 Å². The molecule has 158 valence electrons. The van der Waals surface area contributed by atoms with E-state index in [9.17, 15) is 9.59 Å². The van der Waals surface area contributed by atoms with Crippen LogP contribution in [-0.4, -0.2) is 59.3 Å². The van der Waals surface area contributed by atoms with Crippen molar-refractivity contribution >= 4 is 29.2 Å². The highest BCUT2D eigenvalue weighted by molar-refractivity contribution is 6.31. The molecule has 0 radical (unpaired) electrons. The van der Waals surface area contributed by atoms with Gasteiger partial charge in [-0.15, -0.1) is 0 Å². The van der Waals surface area contributed by atoms with E-state index in [0.717, 1.165) is 43.9 Å². The lowest BCUT2D eigenvalue weighted by molar-refractivity contribution is -0.137. The number of benzene rings is 1. The zero-order valence-corrected chi connectivity index (χ0v) is 17.8. The van der Waals surface area contributed by atoms with Crippen LogP contribution in [0.2, 0.25) is 5.02 Å². The molecule has 1 aromatic carbocycles. The largest absolute Gasteiger partial charge is 0.353 e. The van der Waals surface area contributed by atoms with Gasteiger partial charge in [0.1, 0.15) is 5.82 Å². The molecule has 7 heteroatoms. The summed E-state index contributed by atoms with van der Waals surface area (Å²) < 4.78 is 0. The van der Waals surface area contributed by atoms with Crippen molar-refractivity contribution < 1.29 is 9.59 Å². The van der Waals surface area contributed by atoms with Gasteiger partial charge in [-0.2, -0.15) is 0 Å². The second kappa shape index (κ2) is 9.47. The van der Waals surface area contributed by atoms with Crippen LogP contribution in [0.25, 0.3) is 0 Å². The summed E-state index contributed by atoms with van der Waals surface area (Å²) in [5.74, 6) is 1.04. The number of amides is 2. The number of pyridine rings is 1. The summed E-state index contributed by atoms with van der Waals surface area (Å²) in [6.45, 7) is 3.57. The molecule has 1 unspecified atom stereocenters. The Labute approximate surface area is 182 Å². The van der Waals surface area contributed by atoms with E-state index in [1.54, 1.807) is 6.20 Å². The molecular formula is C23H27ClN4O2. The molecule has 0 bridgehead atoms. The highest BCUT2D eigenvalue weighted by atomic mass is 35.5. The summed E-state index contributed by atoms with van der Waals surface area (Å²) in [6, 6.07) is 13.6. The highest BCUT2D eigenvalue weighted by Gasteiger charge is 2.31. The average molecular weight is 427 g/mol. The van der Waals surface area contributed by atoms with Gasteiger partial charge in [0, 0.05) is 56.8 Å². The zero-order valence-electron chi connectivity index (χ0n) is 17.0. The van der Waals surface area contributed by atoms with Crippen LogP contribution in [0.15, 0.2) is 48.7 Å². The molecule has 2 amide bonds. The lowest BCUT2D eigenvalue weighted by Crippen LogP contribution is -2.49. The average Bonchev–Trinajstić information content (AvgIpc) is 3.28. The molecule has 2 aromatic rings. The van der Waals surface area contributed by atoms with Gasteiger partial charge in [0.05, 0.1) is 6.04 Å². The Bertz CT molecular complexity index is 884. The maximum Gasteiger partial charge on any atom is 0.223 e. The minimum absolute atomic E-state index is 0.0169. The summed E-state index contributed by atoms with van der Waals surface area (Å²) in [5.41, 5.74) is 1.00. The predicted molar refractivity (Wildman–Crippen MR) is 117 cm³/mol. The van der Waals surface area contributed by atoms with E-state index in [1.165, 1.54) is 0 Å². The van der Waals surface area contributed by atoms with E-state index >= 15 is 0 Å². The van der Waals surface area contributed by atoms with E-state index in [2.05, 4.69) is 9.88 Å². The number of piperazine rings is 1. The monoisotopic (exact) mass is 426 g/mol. The van der Waals surface area contributed by atoms with Crippen molar-refractivity contribution in [3.8, 4) is 0 Å². The van der Waals surface area contributed by atoms with Crippen LogP contribution in [0.3, 0.4) is 0 Å². The van der Waals surface area contributed by atoms with E-state index in [1.807, 2.05) is 52.3 Å². The fourth-order valence-electron chi connectivity index (χ4n) is 4.38. The smallest absolute Gasteiger partial charge is 0.223 e. The van der Waals surface area contributed by atoms with Crippen molar-refractivity contribution in [2.75, 3.05) is 37.6 Å². The SMILES string of the molecule is O=C(CCC(=O)N1CCCC1c1ccccc1Cl)N1CCN(c2ccccn2)CC1. The number of halogens is 1. The van der Waals surface area contributed by atoms with Crippen molar-refractivity contribution in [1.29, 1.82) is 0 Å². The number of anilines is 1. The third-order valence-electron chi connectivity index (χ3n) is 6.00. The van der Waals surface area contributed by atoms with E-state index < -0.39 is 0 Å². The molecule has 2 fully saturated rings. The van der Waals surface area contributed by atoms with Gasteiger partial charge in [0.15, 0.2) is 0 Å². The van der Waals surface area contributed by atoms with Crippen LogP contribution in [0.4, 0.5) is 5.82 Å². The van der Waals surface area contributed by atoms with Gasteiger partial charge in [-0.05, 0) is 36.6 Å². The van der Waals surface area contributed by atoms with Gasteiger partial charge < -0.3 is 14.7 Å². The van der Waals surface area contributed by atoms with E-state index in [0.29, 0.717) is 18.1 Å². The molecular weight excluding hydrogens is 400 g/mol. The first kappa shape index (κ1) is 20.7. The second-order valence-corrected chi connectivity index (χ2v) is 8.23. The molecule has 3 heterocycles. The quantitative estimate of drug-likeness (QED) is 0.733. The Kier molecular flexibility index (Phi) is 6.53. The Morgan fingerprint density at radius 2 is 1.67 bits per heavy atom. The van der Waals surface area contributed by atoms with Gasteiger partial charge >= 0.3 is 0 Å². The van der Waals surface area contributed by atoms with Gasteiger partial charge in [-0.3, -0.25) is 9.59 Å². The molecule has 30 heavy (non-hydrogen) atoms. The van der Waals surface area contributed by atoms with Crippen LogP contribution in [0, 0.1) is 0 Å². The number of carbonyl (C=O) groups is 2. The highest BCUT2D eigenvalue weighted by Crippen LogP contribution is 2.36. The van der Waals surface area contributed by atoms with Crippen LogP contribution < -0.4 is 4.90 Å². The summed E-state index contributed by atoms with van der Waals surface area (Å²) in [5, 5.41) is 0.698. The summed E-state index contributed by atoms with van der Waals surface area (Å²) >= 11 is 6.35. The summed E-state index contributed by atoms with van der Waals surface area (Å²) in [7, 11) is 0. The predicted octanol–water partition coefficient (Wildman–Crippen LogP) is 3.53. The van der Waals surface area contributed by atoms with Crippen LogP contribution >= 0.6 is 11.6 Å². The maximum atomic E-state index is 12.9. The van der Waals surface area contributed by atoms with Crippen molar-refractivity contribution in [2.24, 2.45) is 0 Å². The van der Waals surface area contributed by atoms with Crippen LogP contribution in [0.5, 0.6) is 0 Å². The second-order valence-electron chi connectivity index (χ2n) is 7.82. The van der Waals surface area contributed by atoms with Crippen molar-refractivity contribution in [3.63, 3.8) is 0 Å². The molecule has 2 aliphatic heterocycles. The Hall–Kier alpha value is -2.60. The number of hydrogen-bond acceptors (Lipinski definition) is 4. The first-order valence-corrected chi connectivity index (χ1v) is 11.0. The van der Waals surface area contributed by atoms with Gasteiger partial charge in [-0.1, -0.05) is 35.9 Å². The molecule has 0 N–H and O–H groups in total. The van der Waals surface area contributed by atoms with E-state index in [4.69, 9.17) is 11.6 Å². The fourth-order valence-corrected chi connectivity index (χ4v) is 4.64. The molecule has 4 rings (SSSR count). The lowest BCUT2D eigenvalue weighted by Gasteiger charge is -2.35. The van der Waals surface area contributed by atoms with Crippen molar-refractivity contribution in [3.05, 3.63) is 59.2 Å².